The standard InChI is InChI=1S/C17H14O3S/c1-2-12-21(18,19)20-17-9-5-8-15-14-7-4-3-6-13(14)10-11-16(15)17/h2-11H,1,12H2. The van der Waals surface area contributed by atoms with Crippen LogP contribution in [0.25, 0.3) is 21.5 Å². The first-order valence-electron chi connectivity index (χ1n) is 6.54. The van der Waals surface area contributed by atoms with E-state index in [1.54, 1.807) is 12.1 Å². The van der Waals surface area contributed by atoms with Gasteiger partial charge in [-0.25, -0.2) is 0 Å². The van der Waals surface area contributed by atoms with Crippen LogP contribution in [0.5, 0.6) is 5.75 Å². The van der Waals surface area contributed by atoms with Gasteiger partial charge in [-0.15, -0.1) is 6.58 Å². The van der Waals surface area contributed by atoms with E-state index in [0.717, 1.165) is 21.5 Å². The zero-order valence-electron chi connectivity index (χ0n) is 11.3. The maximum Gasteiger partial charge on any atom is 0.312 e. The molecule has 0 aliphatic heterocycles. The Morgan fingerprint density at radius 2 is 1.67 bits per heavy atom. The average molecular weight is 298 g/mol. The largest absolute Gasteiger partial charge is 0.382 e. The van der Waals surface area contributed by atoms with E-state index in [0.29, 0.717) is 5.75 Å². The molecule has 0 heterocycles. The zero-order valence-corrected chi connectivity index (χ0v) is 12.1. The van der Waals surface area contributed by atoms with Gasteiger partial charge < -0.3 is 4.18 Å². The molecule has 0 saturated carbocycles. The Balaban J connectivity index is 2.21. The first kappa shape index (κ1) is 13.6. The summed E-state index contributed by atoms with van der Waals surface area (Å²) in [6.07, 6.45) is 1.32. The van der Waals surface area contributed by atoms with Crippen molar-refractivity contribution in [3.8, 4) is 5.75 Å². The first-order chi connectivity index (χ1) is 10.1. The minimum atomic E-state index is -3.65. The van der Waals surface area contributed by atoms with E-state index >= 15 is 0 Å². The van der Waals surface area contributed by atoms with Crippen LogP contribution in [0.15, 0.2) is 67.3 Å². The van der Waals surface area contributed by atoms with Gasteiger partial charge in [0.2, 0.25) is 0 Å². The van der Waals surface area contributed by atoms with Gasteiger partial charge in [0, 0.05) is 5.39 Å². The van der Waals surface area contributed by atoms with E-state index in [2.05, 4.69) is 6.58 Å². The molecule has 0 aromatic heterocycles. The lowest BCUT2D eigenvalue weighted by Crippen LogP contribution is -2.12. The van der Waals surface area contributed by atoms with Crippen LogP contribution in [-0.2, 0) is 10.1 Å². The second-order valence-electron chi connectivity index (χ2n) is 4.73. The van der Waals surface area contributed by atoms with Gasteiger partial charge in [0.1, 0.15) is 11.5 Å². The minimum Gasteiger partial charge on any atom is -0.382 e. The number of rotatable bonds is 4. The van der Waals surface area contributed by atoms with Crippen LogP contribution < -0.4 is 4.18 Å². The molecule has 0 spiro atoms. The predicted octanol–water partition coefficient (Wildman–Crippen LogP) is 3.89. The van der Waals surface area contributed by atoms with E-state index in [1.165, 1.54) is 6.08 Å². The van der Waals surface area contributed by atoms with Crippen molar-refractivity contribution in [1.82, 2.24) is 0 Å². The average Bonchev–Trinajstić information content (AvgIpc) is 2.47. The van der Waals surface area contributed by atoms with Crippen molar-refractivity contribution in [2.45, 2.75) is 0 Å². The van der Waals surface area contributed by atoms with Crippen molar-refractivity contribution in [3.05, 3.63) is 67.3 Å². The van der Waals surface area contributed by atoms with E-state index in [-0.39, 0.29) is 5.75 Å². The lowest BCUT2D eigenvalue weighted by atomic mass is 10.0. The van der Waals surface area contributed by atoms with Crippen molar-refractivity contribution < 1.29 is 12.6 Å². The molecule has 0 radical (unpaired) electrons. The molecule has 0 aliphatic rings. The third kappa shape index (κ3) is 2.62. The van der Waals surface area contributed by atoms with E-state index in [4.69, 9.17) is 4.18 Å². The van der Waals surface area contributed by atoms with Crippen molar-refractivity contribution >= 4 is 31.7 Å². The molecule has 4 heteroatoms. The molecule has 0 bridgehead atoms. The third-order valence-electron chi connectivity index (χ3n) is 3.29. The molecule has 0 unspecified atom stereocenters. The molecule has 21 heavy (non-hydrogen) atoms. The number of benzene rings is 3. The molecule has 3 aromatic rings. The Morgan fingerprint density at radius 3 is 2.48 bits per heavy atom. The molecular weight excluding hydrogens is 284 g/mol. The monoisotopic (exact) mass is 298 g/mol. The summed E-state index contributed by atoms with van der Waals surface area (Å²) >= 11 is 0. The van der Waals surface area contributed by atoms with E-state index in [1.807, 2.05) is 42.5 Å². The highest BCUT2D eigenvalue weighted by molar-refractivity contribution is 7.87. The molecule has 0 atom stereocenters. The van der Waals surface area contributed by atoms with Crippen LogP contribution in [-0.4, -0.2) is 14.2 Å². The molecule has 0 saturated heterocycles. The fourth-order valence-electron chi connectivity index (χ4n) is 2.40. The summed E-state index contributed by atoms with van der Waals surface area (Å²) in [5.74, 6) is 0.136. The Bertz CT molecular complexity index is 927. The number of hydrogen-bond acceptors (Lipinski definition) is 3. The lowest BCUT2D eigenvalue weighted by molar-refractivity contribution is 0.492. The SMILES string of the molecule is C=CCS(=O)(=O)Oc1cccc2c1ccc1ccccc12. The Labute approximate surface area is 123 Å². The van der Waals surface area contributed by atoms with Crippen LogP contribution in [0.3, 0.4) is 0 Å². The van der Waals surface area contributed by atoms with Gasteiger partial charge in [-0.1, -0.05) is 48.5 Å². The molecular formula is C17H14O3S. The van der Waals surface area contributed by atoms with Crippen molar-refractivity contribution in [3.63, 3.8) is 0 Å². The van der Waals surface area contributed by atoms with Gasteiger partial charge in [-0.05, 0) is 28.3 Å². The fraction of sp³-hybridized carbons (Fsp3) is 0.0588. The van der Waals surface area contributed by atoms with Gasteiger partial charge in [0.25, 0.3) is 0 Å². The fourth-order valence-corrected chi connectivity index (χ4v) is 3.17. The second kappa shape index (κ2) is 5.22. The highest BCUT2D eigenvalue weighted by Gasteiger charge is 2.13. The maximum absolute atomic E-state index is 11.8. The lowest BCUT2D eigenvalue weighted by Gasteiger charge is -2.10. The number of fused-ring (bicyclic) bond motifs is 3. The van der Waals surface area contributed by atoms with Crippen LogP contribution in [0.4, 0.5) is 0 Å². The number of hydrogen-bond donors (Lipinski definition) is 0. The Kier molecular flexibility index (Phi) is 3.39. The maximum atomic E-state index is 11.8. The molecule has 106 valence electrons. The van der Waals surface area contributed by atoms with Gasteiger partial charge in [-0.3, -0.25) is 0 Å². The van der Waals surface area contributed by atoms with Gasteiger partial charge in [0.15, 0.2) is 0 Å². The van der Waals surface area contributed by atoms with Crippen LogP contribution in [0.2, 0.25) is 0 Å². The van der Waals surface area contributed by atoms with Gasteiger partial charge in [0.05, 0.1) is 0 Å². The van der Waals surface area contributed by atoms with E-state index < -0.39 is 10.1 Å². The zero-order chi connectivity index (χ0) is 14.9. The van der Waals surface area contributed by atoms with Crippen molar-refractivity contribution in [2.75, 3.05) is 5.75 Å². The summed E-state index contributed by atoms with van der Waals surface area (Å²) in [5.41, 5.74) is 0. The molecule has 0 amide bonds. The second-order valence-corrected chi connectivity index (χ2v) is 6.35. The summed E-state index contributed by atoms with van der Waals surface area (Å²) in [6.45, 7) is 3.43. The molecule has 3 nitrogen and oxygen atoms in total. The van der Waals surface area contributed by atoms with Crippen molar-refractivity contribution in [2.24, 2.45) is 0 Å². The van der Waals surface area contributed by atoms with Gasteiger partial charge in [-0.2, -0.15) is 8.42 Å². The highest BCUT2D eigenvalue weighted by Crippen LogP contribution is 2.32. The topological polar surface area (TPSA) is 43.4 Å². The first-order valence-corrected chi connectivity index (χ1v) is 8.12. The smallest absolute Gasteiger partial charge is 0.312 e. The highest BCUT2D eigenvalue weighted by atomic mass is 32.2. The van der Waals surface area contributed by atoms with E-state index in [9.17, 15) is 8.42 Å². The van der Waals surface area contributed by atoms with Crippen molar-refractivity contribution in [1.29, 1.82) is 0 Å². The molecule has 3 rings (SSSR count). The van der Waals surface area contributed by atoms with Crippen LogP contribution in [0, 0.1) is 0 Å². The minimum absolute atomic E-state index is 0.211. The summed E-state index contributed by atoms with van der Waals surface area (Å²) in [4.78, 5) is 0. The predicted molar refractivity (Wildman–Crippen MR) is 86.1 cm³/mol. The summed E-state index contributed by atoms with van der Waals surface area (Å²) in [5, 5.41) is 3.93. The summed E-state index contributed by atoms with van der Waals surface area (Å²) < 4.78 is 28.8. The molecule has 0 fully saturated rings. The molecule has 3 aromatic carbocycles. The normalized spacial score (nSPS) is 11.6. The Morgan fingerprint density at radius 1 is 0.905 bits per heavy atom. The Hall–Kier alpha value is -2.33. The van der Waals surface area contributed by atoms with Crippen LogP contribution >= 0.6 is 0 Å². The quantitative estimate of drug-likeness (QED) is 0.417. The summed E-state index contributed by atoms with van der Waals surface area (Å²) in [6, 6.07) is 17.3. The summed E-state index contributed by atoms with van der Waals surface area (Å²) in [7, 11) is -3.65. The van der Waals surface area contributed by atoms with Crippen LogP contribution in [0.1, 0.15) is 0 Å². The molecule has 0 N–H and O–H groups in total. The third-order valence-corrected chi connectivity index (χ3v) is 4.36. The molecule has 0 aliphatic carbocycles. The van der Waals surface area contributed by atoms with Gasteiger partial charge >= 0.3 is 10.1 Å².